The molecule has 0 aliphatic carbocycles. The van der Waals surface area contributed by atoms with Gasteiger partial charge >= 0.3 is 0 Å². The van der Waals surface area contributed by atoms with Gasteiger partial charge in [-0.3, -0.25) is 4.79 Å². The summed E-state index contributed by atoms with van der Waals surface area (Å²) in [6.45, 7) is 8.28. The van der Waals surface area contributed by atoms with E-state index < -0.39 is 0 Å². The third-order valence-electron chi connectivity index (χ3n) is 3.59. The monoisotopic (exact) mass is 286 g/mol. The summed E-state index contributed by atoms with van der Waals surface area (Å²) in [7, 11) is 1.83. The number of hydrogen-bond acceptors (Lipinski definition) is 3. The van der Waals surface area contributed by atoms with Gasteiger partial charge in [0.2, 0.25) is 5.91 Å². The molecule has 1 N–H and O–H groups in total. The van der Waals surface area contributed by atoms with E-state index in [2.05, 4.69) is 11.9 Å². The molecule has 0 bridgehead atoms. The van der Waals surface area contributed by atoms with Crippen LogP contribution in [0.25, 0.3) is 0 Å². The molecular weight excluding hydrogens is 264 g/mol. The smallest absolute Gasteiger partial charge is 0.249 e. The molecule has 0 radical (unpaired) electrons. The van der Waals surface area contributed by atoms with Crippen molar-refractivity contribution in [2.45, 2.75) is 13.5 Å². The Kier molecular flexibility index (Phi) is 5.17. The molecule has 1 saturated heterocycles. The highest BCUT2D eigenvalue weighted by atomic mass is 16.5. The van der Waals surface area contributed by atoms with Crippen LogP contribution in [0.1, 0.15) is 12.5 Å². The van der Waals surface area contributed by atoms with Gasteiger partial charge in [0, 0.05) is 32.3 Å². The van der Waals surface area contributed by atoms with Gasteiger partial charge in [-0.2, -0.15) is 0 Å². The molecule has 0 saturated carbocycles. The highest BCUT2D eigenvalue weighted by Gasteiger charge is 2.18. The summed E-state index contributed by atoms with van der Waals surface area (Å²) in [5.74, 6) is 0.907. The Bertz CT molecular complexity index is 540. The van der Waals surface area contributed by atoms with Gasteiger partial charge in [-0.05, 0) is 30.2 Å². The number of nitrogens with one attached hydrogen (secondary N) is 1. The minimum atomic E-state index is 0.0958. The molecule has 0 atom stereocenters. The predicted octanol–water partition coefficient (Wildman–Crippen LogP) is 2.13. The maximum absolute atomic E-state index is 12.3. The number of carbonyl (C=O) groups excluding carboxylic acids is 1. The zero-order valence-corrected chi connectivity index (χ0v) is 12.7. The summed E-state index contributed by atoms with van der Waals surface area (Å²) in [5, 5.41) is 3.16. The van der Waals surface area contributed by atoms with Crippen molar-refractivity contribution < 1.29 is 9.53 Å². The number of nitrogens with zero attached hydrogens (tertiary/aromatic N) is 1. The number of hydrogen-bond donors (Lipinski definition) is 1. The molecule has 0 spiro atoms. The van der Waals surface area contributed by atoms with Gasteiger partial charge in [-0.15, -0.1) is 0 Å². The fourth-order valence-electron chi connectivity index (χ4n) is 2.14. The summed E-state index contributed by atoms with van der Waals surface area (Å²) in [4.78, 5) is 14.0. The first-order valence-corrected chi connectivity index (χ1v) is 7.09. The molecule has 1 fully saturated rings. The zero-order valence-electron chi connectivity index (χ0n) is 12.7. The molecule has 1 aromatic rings. The molecule has 1 heterocycles. The highest BCUT2D eigenvalue weighted by Crippen LogP contribution is 2.16. The molecular formula is C17H22N2O2. The zero-order chi connectivity index (χ0) is 15.2. The largest absolute Gasteiger partial charge is 0.490 e. The number of amides is 1. The minimum absolute atomic E-state index is 0.0958. The van der Waals surface area contributed by atoms with Crippen molar-refractivity contribution in [1.82, 2.24) is 10.2 Å². The molecule has 112 valence electrons. The van der Waals surface area contributed by atoms with E-state index in [-0.39, 0.29) is 5.91 Å². The van der Waals surface area contributed by atoms with E-state index in [0.29, 0.717) is 13.2 Å². The highest BCUT2D eigenvalue weighted by molar-refractivity contribution is 5.93. The van der Waals surface area contributed by atoms with Crippen LogP contribution in [0.15, 0.2) is 48.1 Å². The Balaban J connectivity index is 1.94. The van der Waals surface area contributed by atoms with E-state index in [4.69, 9.17) is 4.74 Å². The summed E-state index contributed by atoms with van der Waals surface area (Å²) in [5.41, 5.74) is 3.16. The number of likely N-dealkylation sites (N-methyl/N-ethyl adjacent to an activating group) is 1. The van der Waals surface area contributed by atoms with Crippen molar-refractivity contribution in [3.05, 3.63) is 53.6 Å². The van der Waals surface area contributed by atoms with E-state index in [9.17, 15) is 4.79 Å². The van der Waals surface area contributed by atoms with E-state index in [1.54, 1.807) is 11.0 Å². The number of ether oxygens (including phenoxy) is 1. The van der Waals surface area contributed by atoms with Crippen molar-refractivity contribution in [1.29, 1.82) is 0 Å². The van der Waals surface area contributed by atoms with Crippen LogP contribution < -0.4 is 10.1 Å². The fourth-order valence-corrected chi connectivity index (χ4v) is 2.14. The van der Waals surface area contributed by atoms with E-state index in [1.165, 1.54) is 5.57 Å². The summed E-state index contributed by atoms with van der Waals surface area (Å²) < 4.78 is 5.44. The van der Waals surface area contributed by atoms with Crippen LogP contribution in [0.2, 0.25) is 0 Å². The number of carbonyl (C=O) groups is 1. The molecule has 1 aliphatic rings. The lowest BCUT2D eigenvalue weighted by molar-refractivity contribution is -0.126. The van der Waals surface area contributed by atoms with Crippen LogP contribution in [-0.2, 0) is 11.3 Å². The summed E-state index contributed by atoms with van der Waals surface area (Å²) in [6, 6.07) is 7.79. The lowest BCUT2D eigenvalue weighted by Gasteiger charge is -2.24. The SMILES string of the molecule is C=CCOc1ccc(CN(C)C(=O)C(C)=C2CNC2)cc1. The van der Waals surface area contributed by atoms with Gasteiger partial charge in [0.1, 0.15) is 12.4 Å². The van der Waals surface area contributed by atoms with E-state index in [0.717, 1.165) is 30.0 Å². The first-order valence-electron chi connectivity index (χ1n) is 7.09. The third-order valence-corrected chi connectivity index (χ3v) is 3.59. The van der Waals surface area contributed by atoms with Gasteiger partial charge in [-0.25, -0.2) is 0 Å². The Morgan fingerprint density at radius 2 is 2.05 bits per heavy atom. The Morgan fingerprint density at radius 3 is 2.57 bits per heavy atom. The number of benzene rings is 1. The Labute approximate surface area is 126 Å². The molecule has 4 nitrogen and oxygen atoms in total. The average Bonchev–Trinajstić information content (AvgIpc) is 2.43. The van der Waals surface area contributed by atoms with Crippen molar-refractivity contribution in [3.63, 3.8) is 0 Å². The Morgan fingerprint density at radius 1 is 1.38 bits per heavy atom. The lowest BCUT2D eigenvalue weighted by Crippen LogP contribution is -2.38. The minimum Gasteiger partial charge on any atom is -0.490 e. The second-order valence-electron chi connectivity index (χ2n) is 5.24. The van der Waals surface area contributed by atoms with Gasteiger partial charge < -0.3 is 15.0 Å². The van der Waals surface area contributed by atoms with Crippen molar-refractivity contribution in [2.24, 2.45) is 0 Å². The summed E-state index contributed by atoms with van der Waals surface area (Å²) >= 11 is 0. The van der Waals surface area contributed by atoms with Crippen LogP contribution in [-0.4, -0.2) is 37.6 Å². The van der Waals surface area contributed by atoms with Crippen LogP contribution >= 0.6 is 0 Å². The van der Waals surface area contributed by atoms with Gasteiger partial charge in [0.15, 0.2) is 0 Å². The van der Waals surface area contributed by atoms with Crippen molar-refractivity contribution in [2.75, 3.05) is 26.7 Å². The van der Waals surface area contributed by atoms with Gasteiger partial charge in [0.05, 0.1) is 0 Å². The van der Waals surface area contributed by atoms with Gasteiger partial charge in [-0.1, -0.05) is 24.8 Å². The Hall–Kier alpha value is -2.07. The normalized spacial score (nSPS) is 13.3. The maximum atomic E-state index is 12.3. The van der Waals surface area contributed by atoms with Crippen LogP contribution in [0.4, 0.5) is 0 Å². The third kappa shape index (κ3) is 3.95. The quantitative estimate of drug-likeness (QED) is 0.643. The lowest BCUT2D eigenvalue weighted by atomic mass is 10.0. The maximum Gasteiger partial charge on any atom is 0.249 e. The predicted molar refractivity (Wildman–Crippen MR) is 84.2 cm³/mol. The topological polar surface area (TPSA) is 41.6 Å². The molecule has 1 aliphatic heterocycles. The number of rotatable bonds is 6. The molecule has 4 heteroatoms. The van der Waals surface area contributed by atoms with Crippen LogP contribution in [0.5, 0.6) is 5.75 Å². The van der Waals surface area contributed by atoms with Crippen molar-refractivity contribution in [3.8, 4) is 5.75 Å². The first kappa shape index (κ1) is 15.3. The second-order valence-corrected chi connectivity index (χ2v) is 5.24. The second kappa shape index (κ2) is 7.09. The standard InChI is InChI=1S/C17H22N2O2/c1-4-9-21-16-7-5-14(6-8-16)12-19(3)17(20)13(2)15-10-18-11-15/h4-8,18H,1,9-12H2,2-3H3. The molecule has 0 unspecified atom stereocenters. The van der Waals surface area contributed by atoms with Gasteiger partial charge in [0.25, 0.3) is 0 Å². The average molecular weight is 286 g/mol. The van der Waals surface area contributed by atoms with E-state index in [1.807, 2.05) is 38.2 Å². The van der Waals surface area contributed by atoms with Crippen LogP contribution in [0.3, 0.4) is 0 Å². The van der Waals surface area contributed by atoms with Crippen LogP contribution in [0, 0.1) is 0 Å². The molecule has 0 aromatic heterocycles. The van der Waals surface area contributed by atoms with E-state index >= 15 is 0 Å². The van der Waals surface area contributed by atoms with Crippen molar-refractivity contribution >= 4 is 5.91 Å². The molecule has 1 aromatic carbocycles. The summed E-state index contributed by atoms with van der Waals surface area (Å²) in [6.07, 6.45) is 1.71. The molecule has 2 rings (SSSR count). The first-order chi connectivity index (χ1) is 10.1. The fraction of sp³-hybridized carbons (Fsp3) is 0.353. The molecule has 21 heavy (non-hydrogen) atoms. The molecule has 1 amide bonds.